The molecule has 186 valence electrons. The van der Waals surface area contributed by atoms with Crippen LogP contribution in [0.2, 0.25) is 0 Å². The number of alkyl halides is 3. The molecule has 0 radical (unpaired) electrons. The number of halogens is 3. The van der Waals surface area contributed by atoms with E-state index in [4.69, 9.17) is 5.73 Å². The van der Waals surface area contributed by atoms with Gasteiger partial charge in [0.25, 0.3) is 0 Å². The Bertz CT molecular complexity index is 1310. The number of rotatable bonds is 9. The summed E-state index contributed by atoms with van der Waals surface area (Å²) in [5.41, 5.74) is 5.11. The number of hydrogen-bond donors (Lipinski definition) is 3. The highest BCUT2D eigenvalue weighted by Crippen LogP contribution is 2.30. The first-order valence-corrected chi connectivity index (χ1v) is 10.3. The fourth-order valence-corrected chi connectivity index (χ4v) is 3.05. The summed E-state index contributed by atoms with van der Waals surface area (Å²) in [6, 6.07) is 10.5. The number of ketones is 1. The number of amides is 1. The number of nitrogens with one attached hydrogen (secondary N) is 2. The van der Waals surface area contributed by atoms with E-state index in [1.165, 1.54) is 42.5 Å². The summed E-state index contributed by atoms with van der Waals surface area (Å²) >= 11 is 0. The Balaban J connectivity index is 1.53. The number of nitrogen functional groups attached to an aromatic ring is 1. The molecule has 1 amide bonds. The van der Waals surface area contributed by atoms with E-state index in [2.05, 4.69) is 20.6 Å². The van der Waals surface area contributed by atoms with Crippen LogP contribution >= 0.6 is 0 Å². The van der Waals surface area contributed by atoms with Crippen molar-refractivity contribution >= 4 is 40.8 Å². The first kappa shape index (κ1) is 25.8. The van der Waals surface area contributed by atoms with Crippen LogP contribution in [0, 0.1) is 10.1 Å². The van der Waals surface area contributed by atoms with E-state index >= 15 is 0 Å². The van der Waals surface area contributed by atoms with Crippen molar-refractivity contribution in [2.75, 3.05) is 22.9 Å². The van der Waals surface area contributed by atoms with Crippen molar-refractivity contribution in [3.63, 3.8) is 0 Å². The average Bonchev–Trinajstić information content (AvgIpc) is 2.82. The summed E-state index contributed by atoms with van der Waals surface area (Å²) in [5, 5.41) is 16.3. The fraction of sp³-hybridized carbons (Fsp3) is 0.130. The van der Waals surface area contributed by atoms with Gasteiger partial charge >= 0.3 is 11.9 Å². The lowest BCUT2D eigenvalue weighted by Gasteiger charge is -2.07. The summed E-state index contributed by atoms with van der Waals surface area (Å²) in [7, 11) is 0. The number of aromatic nitrogens is 2. The van der Waals surface area contributed by atoms with Gasteiger partial charge in [-0.05, 0) is 48.0 Å². The number of nitrogens with two attached hydrogens (primary N) is 1. The molecule has 0 aliphatic carbocycles. The van der Waals surface area contributed by atoms with Crippen LogP contribution in [0.3, 0.4) is 0 Å². The minimum Gasteiger partial charge on any atom is -0.378 e. The van der Waals surface area contributed by atoms with Crippen LogP contribution in [0.4, 0.5) is 36.2 Å². The number of carbonyl (C=O) groups excluding carboxylic acids is 2. The predicted octanol–water partition coefficient (Wildman–Crippen LogP) is 4.32. The molecule has 0 aliphatic rings. The Morgan fingerprint density at radius 2 is 1.83 bits per heavy atom. The topological polar surface area (TPSA) is 153 Å². The van der Waals surface area contributed by atoms with Crippen LogP contribution in [-0.4, -0.2) is 33.1 Å². The highest BCUT2D eigenvalue weighted by Gasteiger charge is 2.30. The lowest BCUT2D eigenvalue weighted by Crippen LogP contribution is -2.12. The summed E-state index contributed by atoms with van der Waals surface area (Å²) in [5.74, 6) is -1.24. The SMILES string of the molecule is Nc1ncnc(NCCC(=O)c2ccc(NC(=O)C=Cc3cccc(C(F)(F)F)c3)cc2)c1[N+](=O)[O-]. The van der Waals surface area contributed by atoms with Crippen LogP contribution in [0.15, 0.2) is 60.9 Å². The van der Waals surface area contributed by atoms with Crippen molar-refractivity contribution in [2.24, 2.45) is 0 Å². The molecule has 10 nitrogen and oxygen atoms in total. The highest BCUT2D eigenvalue weighted by atomic mass is 19.4. The van der Waals surface area contributed by atoms with E-state index in [0.29, 0.717) is 11.3 Å². The number of nitrogens with zero attached hydrogens (tertiary/aromatic N) is 3. The lowest BCUT2D eigenvalue weighted by atomic mass is 10.1. The molecule has 2 aromatic carbocycles. The van der Waals surface area contributed by atoms with E-state index in [9.17, 15) is 32.9 Å². The largest absolute Gasteiger partial charge is 0.416 e. The Hall–Kier alpha value is -4.81. The Morgan fingerprint density at radius 1 is 1.11 bits per heavy atom. The predicted molar refractivity (Wildman–Crippen MR) is 126 cm³/mol. The van der Waals surface area contributed by atoms with Crippen molar-refractivity contribution in [2.45, 2.75) is 12.6 Å². The minimum atomic E-state index is -4.48. The van der Waals surface area contributed by atoms with Crippen LogP contribution in [0.5, 0.6) is 0 Å². The number of hydrogen-bond acceptors (Lipinski definition) is 8. The molecule has 3 rings (SSSR count). The average molecular weight is 500 g/mol. The van der Waals surface area contributed by atoms with E-state index in [0.717, 1.165) is 24.5 Å². The van der Waals surface area contributed by atoms with Gasteiger partial charge in [-0.1, -0.05) is 12.1 Å². The van der Waals surface area contributed by atoms with Gasteiger partial charge in [-0.25, -0.2) is 9.97 Å². The molecule has 1 heterocycles. The van der Waals surface area contributed by atoms with Gasteiger partial charge < -0.3 is 16.4 Å². The maximum Gasteiger partial charge on any atom is 0.416 e. The van der Waals surface area contributed by atoms with Crippen molar-refractivity contribution in [1.29, 1.82) is 0 Å². The first-order valence-electron chi connectivity index (χ1n) is 10.3. The van der Waals surface area contributed by atoms with Gasteiger partial charge in [0.05, 0.1) is 10.5 Å². The normalized spacial score (nSPS) is 11.3. The van der Waals surface area contributed by atoms with Crippen molar-refractivity contribution in [3.05, 3.63) is 87.7 Å². The molecule has 0 unspecified atom stereocenters. The number of benzene rings is 2. The zero-order valence-corrected chi connectivity index (χ0v) is 18.5. The Kier molecular flexibility index (Phi) is 7.94. The molecule has 0 aliphatic heterocycles. The molecular weight excluding hydrogens is 481 g/mol. The quantitative estimate of drug-likeness (QED) is 0.170. The van der Waals surface area contributed by atoms with Gasteiger partial charge in [0.15, 0.2) is 5.78 Å². The van der Waals surface area contributed by atoms with Crippen molar-refractivity contribution < 1.29 is 27.7 Å². The summed E-state index contributed by atoms with van der Waals surface area (Å²) in [4.78, 5) is 42.2. The maximum absolute atomic E-state index is 12.8. The highest BCUT2D eigenvalue weighted by molar-refractivity contribution is 6.02. The van der Waals surface area contributed by atoms with Gasteiger partial charge in [0.1, 0.15) is 6.33 Å². The molecule has 0 bridgehead atoms. The number of anilines is 3. The second kappa shape index (κ2) is 11.1. The maximum atomic E-state index is 12.8. The molecule has 0 spiro atoms. The van der Waals surface area contributed by atoms with Crippen molar-refractivity contribution in [1.82, 2.24) is 9.97 Å². The standard InChI is InChI=1S/C23H19F3N6O4/c24-23(25,26)16-3-1-2-14(12-16)4-9-19(34)31-17-7-5-15(6-8-17)18(33)10-11-28-22-20(32(35)36)21(27)29-13-30-22/h1-9,12-13H,10-11H2,(H,31,34)(H3,27,28,29,30). The monoisotopic (exact) mass is 500 g/mol. The Morgan fingerprint density at radius 3 is 2.50 bits per heavy atom. The van der Waals surface area contributed by atoms with Gasteiger partial charge in [0.2, 0.25) is 17.5 Å². The van der Waals surface area contributed by atoms with Gasteiger partial charge in [-0.3, -0.25) is 19.7 Å². The minimum absolute atomic E-state index is 0.00745. The van der Waals surface area contributed by atoms with E-state index in [1.807, 2.05) is 0 Å². The third-order valence-electron chi connectivity index (χ3n) is 4.79. The third-order valence-corrected chi connectivity index (χ3v) is 4.79. The smallest absolute Gasteiger partial charge is 0.378 e. The molecule has 0 fully saturated rings. The molecule has 1 aromatic heterocycles. The molecule has 36 heavy (non-hydrogen) atoms. The molecule has 13 heteroatoms. The lowest BCUT2D eigenvalue weighted by molar-refractivity contribution is -0.383. The second-order valence-corrected chi connectivity index (χ2v) is 7.34. The molecular formula is C23H19F3N6O4. The first-order chi connectivity index (χ1) is 17.0. The third kappa shape index (κ3) is 6.85. The van der Waals surface area contributed by atoms with Crippen molar-refractivity contribution in [3.8, 4) is 0 Å². The zero-order chi connectivity index (χ0) is 26.3. The van der Waals surface area contributed by atoms with Gasteiger partial charge in [-0.15, -0.1) is 0 Å². The van der Waals surface area contributed by atoms with Gasteiger partial charge in [-0.2, -0.15) is 13.2 Å². The molecule has 0 saturated heterocycles. The number of Topliss-reactive ketones (excluding diaryl/α,β-unsaturated/α-hetero) is 1. The van der Waals surface area contributed by atoms with Crippen LogP contribution in [0.25, 0.3) is 6.08 Å². The fourth-order valence-electron chi connectivity index (χ4n) is 3.05. The van der Waals surface area contributed by atoms with Crippen LogP contribution in [0.1, 0.15) is 27.9 Å². The zero-order valence-electron chi connectivity index (χ0n) is 18.5. The Labute approximate surface area is 202 Å². The number of carbonyl (C=O) groups is 2. The summed E-state index contributed by atoms with van der Waals surface area (Å²) < 4.78 is 38.4. The molecule has 3 aromatic rings. The summed E-state index contributed by atoms with van der Waals surface area (Å²) in [6.45, 7) is 0.0505. The van der Waals surface area contributed by atoms with Crippen LogP contribution < -0.4 is 16.4 Å². The van der Waals surface area contributed by atoms with Gasteiger partial charge in [0, 0.05) is 30.3 Å². The second-order valence-electron chi connectivity index (χ2n) is 7.34. The van der Waals surface area contributed by atoms with E-state index in [1.54, 1.807) is 0 Å². The van der Waals surface area contributed by atoms with E-state index < -0.39 is 28.3 Å². The molecule has 0 saturated carbocycles. The number of nitro groups is 1. The van der Waals surface area contributed by atoms with Crippen LogP contribution in [-0.2, 0) is 11.0 Å². The molecule has 4 N–H and O–H groups in total. The van der Waals surface area contributed by atoms with E-state index in [-0.39, 0.29) is 35.9 Å². The molecule has 0 atom stereocenters. The summed E-state index contributed by atoms with van der Waals surface area (Å²) in [6.07, 6.45) is -1.07.